The fourth-order valence-electron chi connectivity index (χ4n) is 2.06. The van der Waals surface area contributed by atoms with Gasteiger partial charge in [-0.15, -0.1) is 0 Å². The van der Waals surface area contributed by atoms with Crippen LogP contribution in [-0.4, -0.2) is 19.8 Å². The first-order chi connectivity index (χ1) is 8.15. The topological polar surface area (TPSA) is 21.3 Å². The predicted octanol–water partition coefficient (Wildman–Crippen LogP) is 3.38. The Morgan fingerprint density at radius 3 is 2.71 bits per heavy atom. The zero-order chi connectivity index (χ0) is 12.7. The van der Waals surface area contributed by atoms with Crippen LogP contribution in [0.3, 0.4) is 0 Å². The lowest BCUT2D eigenvalue weighted by Gasteiger charge is -2.17. The molecule has 2 heteroatoms. The molecule has 0 saturated heterocycles. The van der Waals surface area contributed by atoms with Crippen molar-refractivity contribution in [2.24, 2.45) is 0 Å². The Bertz CT molecular complexity index is 336. The first kappa shape index (κ1) is 14.2. The van der Waals surface area contributed by atoms with Gasteiger partial charge in [-0.25, -0.2) is 0 Å². The second-order valence-corrected chi connectivity index (χ2v) is 4.59. The molecule has 1 N–H and O–H groups in total. The van der Waals surface area contributed by atoms with Crippen molar-refractivity contribution in [2.45, 2.75) is 40.2 Å². The molecule has 0 radical (unpaired) electrons. The minimum atomic E-state index is 0.414. The second kappa shape index (κ2) is 7.46. The second-order valence-electron chi connectivity index (χ2n) is 4.59. The van der Waals surface area contributed by atoms with Crippen LogP contribution in [0.2, 0.25) is 0 Å². The van der Waals surface area contributed by atoms with Gasteiger partial charge in [-0.1, -0.05) is 23.8 Å². The number of nitrogens with one attached hydrogen (secondary N) is 1. The summed E-state index contributed by atoms with van der Waals surface area (Å²) in [5.41, 5.74) is 4.09. The molecule has 0 aliphatic heterocycles. The van der Waals surface area contributed by atoms with Crippen LogP contribution in [0, 0.1) is 13.8 Å². The van der Waals surface area contributed by atoms with Crippen molar-refractivity contribution in [3.8, 4) is 0 Å². The van der Waals surface area contributed by atoms with E-state index in [-0.39, 0.29) is 0 Å². The van der Waals surface area contributed by atoms with Gasteiger partial charge in [0.05, 0.1) is 0 Å². The van der Waals surface area contributed by atoms with E-state index in [2.05, 4.69) is 44.3 Å². The van der Waals surface area contributed by atoms with Crippen LogP contribution >= 0.6 is 0 Å². The van der Waals surface area contributed by atoms with Gasteiger partial charge in [-0.05, 0) is 51.8 Å². The van der Waals surface area contributed by atoms with Crippen LogP contribution in [-0.2, 0) is 4.74 Å². The smallest absolute Gasteiger partial charge is 0.0477 e. The lowest BCUT2D eigenvalue weighted by Crippen LogP contribution is -2.21. The van der Waals surface area contributed by atoms with E-state index in [1.807, 2.05) is 6.92 Å². The summed E-state index contributed by atoms with van der Waals surface area (Å²) in [6.07, 6.45) is 1.07. The van der Waals surface area contributed by atoms with Crippen molar-refractivity contribution in [2.75, 3.05) is 19.8 Å². The third-order valence-electron chi connectivity index (χ3n) is 3.01. The van der Waals surface area contributed by atoms with Gasteiger partial charge in [0.1, 0.15) is 0 Å². The Kier molecular flexibility index (Phi) is 6.23. The molecule has 0 heterocycles. The van der Waals surface area contributed by atoms with Crippen molar-refractivity contribution in [3.63, 3.8) is 0 Å². The van der Waals surface area contributed by atoms with E-state index in [0.717, 1.165) is 26.2 Å². The summed E-state index contributed by atoms with van der Waals surface area (Å²) in [6, 6.07) is 7.07. The minimum absolute atomic E-state index is 0.414. The average molecular weight is 235 g/mol. The van der Waals surface area contributed by atoms with Crippen molar-refractivity contribution in [1.29, 1.82) is 0 Å². The van der Waals surface area contributed by atoms with Gasteiger partial charge < -0.3 is 10.1 Å². The molecule has 1 unspecified atom stereocenters. The Labute approximate surface area is 105 Å². The molecule has 1 rings (SSSR count). The molecule has 2 nitrogen and oxygen atoms in total. The molecule has 0 bridgehead atoms. The number of ether oxygens (including phenoxy) is 1. The Morgan fingerprint density at radius 1 is 1.29 bits per heavy atom. The maximum absolute atomic E-state index is 5.32. The highest BCUT2D eigenvalue weighted by Gasteiger charge is 2.07. The average Bonchev–Trinajstić information content (AvgIpc) is 2.28. The van der Waals surface area contributed by atoms with Crippen LogP contribution in [0.4, 0.5) is 0 Å². The number of hydrogen-bond donors (Lipinski definition) is 1. The van der Waals surface area contributed by atoms with E-state index in [0.29, 0.717) is 6.04 Å². The lowest BCUT2D eigenvalue weighted by atomic mass is 10.0. The molecule has 0 aromatic heterocycles. The lowest BCUT2D eigenvalue weighted by molar-refractivity contribution is 0.144. The predicted molar refractivity (Wildman–Crippen MR) is 73.4 cm³/mol. The summed E-state index contributed by atoms with van der Waals surface area (Å²) < 4.78 is 5.32. The monoisotopic (exact) mass is 235 g/mol. The highest BCUT2D eigenvalue weighted by Crippen LogP contribution is 2.18. The number of rotatable bonds is 7. The molecule has 1 aromatic carbocycles. The Balaban J connectivity index is 2.38. The Hall–Kier alpha value is -0.860. The number of benzene rings is 1. The van der Waals surface area contributed by atoms with Crippen LogP contribution in [0.15, 0.2) is 18.2 Å². The summed E-state index contributed by atoms with van der Waals surface area (Å²) in [4.78, 5) is 0. The molecule has 0 saturated carbocycles. The minimum Gasteiger partial charge on any atom is -0.382 e. The van der Waals surface area contributed by atoms with Gasteiger partial charge >= 0.3 is 0 Å². The Morgan fingerprint density at radius 2 is 2.06 bits per heavy atom. The van der Waals surface area contributed by atoms with Crippen LogP contribution < -0.4 is 5.32 Å². The largest absolute Gasteiger partial charge is 0.382 e. The van der Waals surface area contributed by atoms with Gasteiger partial charge in [0.2, 0.25) is 0 Å². The third-order valence-corrected chi connectivity index (χ3v) is 3.01. The molecular formula is C15H25NO. The molecule has 0 aliphatic carbocycles. The van der Waals surface area contributed by atoms with E-state index in [4.69, 9.17) is 4.74 Å². The highest BCUT2D eigenvalue weighted by molar-refractivity contribution is 5.32. The van der Waals surface area contributed by atoms with E-state index >= 15 is 0 Å². The molecule has 17 heavy (non-hydrogen) atoms. The first-order valence-electron chi connectivity index (χ1n) is 6.53. The standard InChI is InChI=1S/C15H25NO/c1-5-17-10-6-9-16-14(4)15-8-7-12(2)11-13(15)3/h7-8,11,14,16H,5-6,9-10H2,1-4H3. The highest BCUT2D eigenvalue weighted by atomic mass is 16.5. The van der Waals surface area contributed by atoms with Gasteiger partial charge in [0.15, 0.2) is 0 Å². The molecule has 1 aromatic rings. The first-order valence-corrected chi connectivity index (χ1v) is 6.53. The number of hydrogen-bond acceptors (Lipinski definition) is 2. The molecule has 0 fully saturated rings. The maximum Gasteiger partial charge on any atom is 0.0477 e. The van der Waals surface area contributed by atoms with E-state index < -0.39 is 0 Å². The van der Waals surface area contributed by atoms with Crippen LogP contribution in [0.5, 0.6) is 0 Å². The zero-order valence-corrected chi connectivity index (χ0v) is 11.5. The van der Waals surface area contributed by atoms with E-state index in [1.54, 1.807) is 0 Å². The molecule has 0 aliphatic rings. The van der Waals surface area contributed by atoms with Crippen molar-refractivity contribution in [3.05, 3.63) is 34.9 Å². The normalized spacial score (nSPS) is 12.7. The molecule has 1 atom stereocenters. The summed E-state index contributed by atoms with van der Waals surface area (Å²) in [7, 11) is 0. The quantitative estimate of drug-likeness (QED) is 0.732. The fourth-order valence-corrected chi connectivity index (χ4v) is 2.06. The van der Waals surface area contributed by atoms with Crippen LogP contribution in [0.1, 0.15) is 43.0 Å². The molecule has 96 valence electrons. The van der Waals surface area contributed by atoms with Gasteiger partial charge in [-0.2, -0.15) is 0 Å². The molecular weight excluding hydrogens is 210 g/mol. The summed E-state index contributed by atoms with van der Waals surface area (Å²) in [5, 5.41) is 3.54. The van der Waals surface area contributed by atoms with Crippen molar-refractivity contribution >= 4 is 0 Å². The van der Waals surface area contributed by atoms with Gasteiger partial charge in [0, 0.05) is 19.3 Å². The van der Waals surface area contributed by atoms with Crippen molar-refractivity contribution < 1.29 is 4.74 Å². The zero-order valence-electron chi connectivity index (χ0n) is 11.5. The number of aryl methyl sites for hydroxylation is 2. The SMILES string of the molecule is CCOCCCNC(C)c1ccc(C)cc1C. The van der Waals surface area contributed by atoms with Gasteiger partial charge in [0.25, 0.3) is 0 Å². The maximum atomic E-state index is 5.32. The van der Waals surface area contributed by atoms with Gasteiger partial charge in [-0.3, -0.25) is 0 Å². The van der Waals surface area contributed by atoms with Crippen molar-refractivity contribution in [1.82, 2.24) is 5.32 Å². The van der Waals surface area contributed by atoms with E-state index in [1.165, 1.54) is 16.7 Å². The van der Waals surface area contributed by atoms with E-state index in [9.17, 15) is 0 Å². The molecule has 0 amide bonds. The summed E-state index contributed by atoms with van der Waals surface area (Å²) in [5.74, 6) is 0. The third kappa shape index (κ3) is 4.88. The fraction of sp³-hybridized carbons (Fsp3) is 0.600. The molecule has 0 spiro atoms. The summed E-state index contributed by atoms with van der Waals surface area (Å²) >= 11 is 0. The summed E-state index contributed by atoms with van der Waals surface area (Å²) in [6.45, 7) is 11.2. The van der Waals surface area contributed by atoms with Crippen LogP contribution in [0.25, 0.3) is 0 Å².